The lowest BCUT2D eigenvalue weighted by molar-refractivity contribution is 0.578. The molecule has 0 bridgehead atoms. The van der Waals surface area contributed by atoms with Crippen LogP contribution in [0.2, 0.25) is 5.02 Å². The molecule has 0 aliphatic rings. The minimum Gasteiger partial charge on any atom is -0.460 e. The van der Waals surface area contributed by atoms with Gasteiger partial charge < -0.3 is 8.83 Å². The summed E-state index contributed by atoms with van der Waals surface area (Å²) in [7, 11) is 0. The standard InChI is InChI=1S/C20H15ClN4O2/c1-11-6-15-7-13(8-16(21)19(15)26-11)3-2-12-4-5-14-10-18(27-17(14)9-12)20-22-24-25-23-20/h4-10H,2-3H2,1H3,(H,22,23,24,25). The van der Waals surface area contributed by atoms with E-state index < -0.39 is 0 Å². The second kappa shape index (κ2) is 6.25. The summed E-state index contributed by atoms with van der Waals surface area (Å²) in [6.07, 6.45) is 1.76. The van der Waals surface area contributed by atoms with E-state index in [1.54, 1.807) is 0 Å². The van der Waals surface area contributed by atoms with Gasteiger partial charge in [-0.25, -0.2) is 0 Å². The maximum Gasteiger partial charge on any atom is 0.239 e. The van der Waals surface area contributed by atoms with E-state index in [0.29, 0.717) is 16.6 Å². The van der Waals surface area contributed by atoms with Crippen LogP contribution in [-0.2, 0) is 12.8 Å². The molecule has 0 amide bonds. The van der Waals surface area contributed by atoms with Gasteiger partial charge in [-0.3, -0.25) is 0 Å². The third-order valence-electron chi connectivity index (χ3n) is 4.61. The average molecular weight is 379 g/mol. The van der Waals surface area contributed by atoms with E-state index in [2.05, 4.69) is 38.8 Å². The summed E-state index contributed by atoms with van der Waals surface area (Å²) in [5.41, 5.74) is 3.94. The number of rotatable bonds is 4. The number of benzene rings is 2. The van der Waals surface area contributed by atoms with Crippen molar-refractivity contribution >= 4 is 33.5 Å². The first-order valence-corrected chi connectivity index (χ1v) is 8.98. The Morgan fingerprint density at radius 1 is 0.963 bits per heavy atom. The van der Waals surface area contributed by atoms with E-state index in [9.17, 15) is 0 Å². The van der Waals surface area contributed by atoms with Gasteiger partial charge in [-0.2, -0.15) is 5.21 Å². The lowest BCUT2D eigenvalue weighted by Gasteiger charge is -2.04. The second-order valence-electron chi connectivity index (χ2n) is 6.57. The molecule has 0 aliphatic carbocycles. The van der Waals surface area contributed by atoms with Crippen LogP contribution < -0.4 is 0 Å². The number of furan rings is 2. The van der Waals surface area contributed by atoms with Gasteiger partial charge in [-0.05, 0) is 66.4 Å². The number of aromatic amines is 1. The Kier molecular flexibility index (Phi) is 3.72. The van der Waals surface area contributed by atoms with E-state index in [-0.39, 0.29) is 0 Å². The zero-order valence-corrected chi connectivity index (χ0v) is 15.2. The number of nitrogens with one attached hydrogen (secondary N) is 1. The number of aryl methyl sites for hydroxylation is 3. The van der Waals surface area contributed by atoms with Gasteiger partial charge in [0.15, 0.2) is 11.3 Å². The number of tetrazole rings is 1. The molecule has 3 heterocycles. The maximum absolute atomic E-state index is 6.36. The Morgan fingerprint density at radius 3 is 2.70 bits per heavy atom. The summed E-state index contributed by atoms with van der Waals surface area (Å²) in [4.78, 5) is 0. The minimum absolute atomic E-state index is 0.450. The molecule has 2 aromatic carbocycles. The van der Waals surface area contributed by atoms with Crippen LogP contribution in [0.1, 0.15) is 16.9 Å². The Bertz CT molecular complexity index is 1250. The fourth-order valence-electron chi connectivity index (χ4n) is 3.34. The number of H-pyrrole nitrogens is 1. The molecule has 0 atom stereocenters. The first-order chi connectivity index (χ1) is 13.2. The molecule has 1 N–H and O–H groups in total. The largest absolute Gasteiger partial charge is 0.460 e. The summed E-state index contributed by atoms with van der Waals surface area (Å²) >= 11 is 6.36. The second-order valence-corrected chi connectivity index (χ2v) is 6.98. The molecular weight excluding hydrogens is 364 g/mol. The van der Waals surface area contributed by atoms with Gasteiger partial charge in [0, 0.05) is 10.8 Å². The molecule has 0 saturated heterocycles. The van der Waals surface area contributed by atoms with Crippen LogP contribution in [-0.4, -0.2) is 20.6 Å². The molecule has 0 unspecified atom stereocenters. The molecule has 7 heteroatoms. The quantitative estimate of drug-likeness (QED) is 0.470. The highest BCUT2D eigenvalue weighted by atomic mass is 35.5. The van der Waals surface area contributed by atoms with Crippen LogP contribution >= 0.6 is 11.6 Å². The van der Waals surface area contributed by atoms with Crippen LogP contribution in [0.5, 0.6) is 0 Å². The molecule has 0 spiro atoms. The normalized spacial score (nSPS) is 11.6. The Balaban J connectivity index is 1.40. The van der Waals surface area contributed by atoms with Crippen molar-refractivity contribution in [2.45, 2.75) is 19.8 Å². The zero-order valence-electron chi connectivity index (χ0n) is 14.5. The summed E-state index contributed by atoms with van der Waals surface area (Å²) in [5.74, 6) is 1.92. The van der Waals surface area contributed by atoms with Gasteiger partial charge in [-0.1, -0.05) is 23.7 Å². The Hall–Kier alpha value is -3.12. The third-order valence-corrected chi connectivity index (χ3v) is 4.89. The predicted octanol–water partition coefficient (Wildman–Crippen LogP) is 5.11. The molecule has 134 valence electrons. The molecule has 27 heavy (non-hydrogen) atoms. The van der Waals surface area contributed by atoms with Crippen molar-refractivity contribution in [3.8, 4) is 11.6 Å². The van der Waals surface area contributed by atoms with Gasteiger partial charge in [0.25, 0.3) is 0 Å². The van der Waals surface area contributed by atoms with Crippen LogP contribution in [0.25, 0.3) is 33.5 Å². The summed E-state index contributed by atoms with van der Waals surface area (Å²) in [5, 5.41) is 16.6. The summed E-state index contributed by atoms with van der Waals surface area (Å²) in [6, 6.07) is 14.3. The van der Waals surface area contributed by atoms with Crippen molar-refractivity contribution < 1.29 is 8.83 Å². The average Bonchev–Trinajstić information content (AvgIpc) is 3.38. The van der Waals surface area contributed by atoms with Crippen LogP contribution in [0.4, 0.5) is 0 Å². The predicted molar refractivity (Wildman–Crippen MR) is 103 cm³/mol. The lowest BCUT2D eigenvalue weighted by atomic mass is 10.0. The number of hydrogen-bond acceptors (Lipinski definition) is 5. The third kappa shape index (κ3) is 2.98. The van der Waals surface area contributed by atoms with Gasteiger partial charge in [0.2, 0.25) is 5.82 Å². The molecule has 0 saturated carbocycles. The number of hydrogen-bond donors (Lipinski definition) is 1. The van der Waals surface area contributed by atoms with Gasteiger partial charge in [-0.15, -0.1) is 10.2 Å². The van der Waals surface area contributed by atoms with Crippen LogP contribution in [0.3, 0.4) is 0 Å². The fourth-order valence-corrected chi connectivity index (χ4v) is 3.63. The molecule has 6 nitrogen and oxygen atoms in total. The number of halogens is 1. The Labute approximate surface area is 159 Å². The highest BCUT2D eigenvalue weighted by Crippen LogP contribution is 2.30. The van der Waals surface area contributed by atoms with E-state index in [4.69, 9.17) is 20.4 Å². The first kappa shape index (κ1) is 16.1. The minimum atomic E-state index is 0.450. The van der Waals surface area contributed by atoms with Gasteiger partial charge in [0.1, 0.15) is 11.3 Å². The summed E-state index contributed by atoms with van der Waals surface area (Å²) < 4.78 is 11.5. The number of nitrogens with zero attached hydrogens (tertiary/aromatic N) is 3. The molecule has 0 radical (unpaired) electrons. The molecule has 5 rings (SSSR count). The topological polar surface area (TPSA) is 80.7 Å². The zero-order chi connectivity index (χ0) is 18.4. The lowest BCUT2D eigenvalue weighted by Crippen LogP contribution is -1.91. The molecule has 3 aromatic heterocycles. The van der Waals surface area contributed by atoms with Crippen molar-refractivity contribution in [1.29, 1.82) is 0 Å². The van der Waals surface area contributed by atoms with Crippen molar-refractivity contribution in [3.63, 3.8) is 0 Å². The van der Waals surface area contributed by atoms with E-state index in [1.807, 2.05) is 31.2 Å². The maximum atomic E-state index is 6.36. The first-order valence-electron chi connectivity index (χ1n) is 8.60. The number of fused-ring (bicyclic) bond motifs is 2. The smallest absolute Gasteiger partial charge is 0.239 e. The van der Waals surface area contributed by atoms with Gasteiger partial charge in [0.05, 0.1) is 5.02 Å². The van der Waals surface area contributed by atoms with Crippen molar-refractivity contribution in [1.82, 2.24) is 20.6 Å². The molecule has 0 aliphatic heterocycles. The molecule has 5 aromatic rings. The van der Waals surface area contributed by atoms with Crippen LogP contribution in [0, 0.1) is 6.92 Å². The SMILES string of the molecule is Cc1cc2cc(CCc3ccc4cc(-c5nn[nH]n5)oc4c3)cc(Cl)c2o1. The van der Waals surface area contributed by atoms with Crippen molar-refractivity contribution in [2.75, 3.05) is 0 Å². The van der Waals surface area contributed by atoms with Crippen molar-refractivity contribution in [2.24, 2.45) is 0 Å². The van der Waals surface area contributed by atoms with E-state index >= 15 is 0 Å². The highest BCUT2D eigenvalue weighted by molar-refractivity contribution is 6.34. The monoisotopic (exact) mass is 378 g/mol. The molecular formula is C20H15ClN4O2. The highest BCUT2D eigenvalue weighted by Gasteiger charge is 2.11. The van der Waals surface area contributed by atoms with Crippen LogP contribution in [0.15, 0.2) is 51.3 Å². The Morgan fingerprint density at radius 2 is 1.85 bits per heavy atom. The van der Waals surface area contributed by atoms with E-state index in [0.717, 1.165) is 40.5 Å². The summed E-state index contributed by atoms with van der Waals surface area (Å²) in [6.45, 7) is 1.93. The van der Waals surface area contributed by atoms with Gasteiger partial charge >= 0.3 is 0 Å². The van der Waals surface area contributed by atoms with Crippen molar-refractivity contribution in [3.05, 3.63) is 64.4 Å². The van der Waals surface area contributed by atoms with E-state index in [1.165, 1.54) is 11.1 Å². The fraction of sp³-hybridized carbons (Fsp3) is 0.150. The number of aromatic nitrogens is 4. The molecule has 0 fully saturated rings.